The number of carbonyl (C=O) groups is 4. The fourth-order valence-corrected chi connectivity index (χ4v) is 7.53. The molecule has 55 heavy (non-hydrogen) atoms. The van der Waals surface area contributed by atoms with Crippen molar-refractivity contribution in [3.63, 3.8) is 0 Å². The van der Waals surface area contributed by atoms with Crippen LogP contribution in [-0.2, 0) is 38.1 Å². The van der Waals surface area contributed by atoms with Gasteiger partial charge in [-0.15, -0.1) is 0 Å². The highest BCUT2D eigenvalue weighted by molar-refractivity contribution is 5.73. The molecule has 1 saturated carbocycles. The van der Waals surface area contributed by atoms with Crippen molar-refractivity contribution in [3.05, 3.63) is 38.0 Å². The predicted molar refractivity (Wildman–Crippen MR) is 225 cm³/mol. The molecule has 0 saturated heterocycles. The second-order valence-electron chi connectivity index (χ2n) is 16.7. The Morgan fingerprint density at radius 2 is 0.964 bits per heavy atom. The predicted octanol–water partition coefficient (Wildman–Crippen LogP) is 12.4. The van der Waals surface area contributed by atoms with Gasteiger partial charge in [0, 0.05) is 26.2 Å². The zero-order chi connectivity index (χ0) is 41.2. The van der Waals surface area contributed by atoms with Crippen LogP contribution in [0.25, 0.3) is 0 Å². The summed E-state index contributed by atoms with van der Waals surface area (Å²) in [5.41, 5.74) is -0.440. The lowest BCUT2D eigenvalue weighted by Crippen LogP contribution is -2.25. The summed E-state index contributed by atoms with van der Waals surface area (Å²) in [5.74, 6) is 0.475. The van der Waals surface area contributed by atoms with E-state index in [1.165, 1.54) is 109 Å². The zero-order valence-electron chi connectivity index (χ0n) is 36.0. The van der Waals surface area contributed by atoms with Gasteiger partial charge in [0.05, 0.1) is 0 Å². The van der Waals surface area contributed by atoms with E-state index in [-0.39, 0.29) is 55.9 Å². The van der Waals surface area contributed by atoms with Crippen molar-refractivity contribution in [2.24, 2.45) is 23.7 Å². The first kappa shape index (κ1) is 52.1. The summed E-state index contributed by atoms with van der Waals surface area (Å²) in [6, 6.07) is 0. The number of ether oxygens (including phenoxy) is 4. The van der Waals surface area contributed by atoms with Crippen molar-refractivity contribution in [2.75, 3.05) is 19.8 Å². The molecule has 0 radical (unpaired) electrons. The van der Waals surface area contributed by atoms with Crippen LogP contribution in [-0.4, -0.2) is 49.3 Å². The van der Waals surface area contributed by atoms with E-state index in [9.17, 15) is 19.2 Å². The molecule has 0 spiro atoms. The second-order valence-corrected chi connectivity index (χ2v) is 16.7. The third-order valence-electron chi connectivity index (χ3n) is 10.3. The van der Waals surface area contributed by atoms with Crippen molar-refractivity contribution < 1.29 is 38.1 Å². The van der Waals surface area contributed by atoms with E-state index in [0.29, 0.717) is 30.8 Å². The first-order valence-electron chi connectivity index (χ1n) is 21.8. The van der Waals surface area contributed by atoms with E-state index >= 15 is 0 Å². The lowest BCUT2D eigenvalue weighted by Gasteiger charge is -2.27. The SMILES string of the molecule is C=CCOC(=O)CC(CC(=O)OCC=C)CC(CC)CC1CCCCCCCCCCCCCCC(CC(=O)OC(C)(C)C)CCCC1.C=CCOC(C)=O. The lowest BCUT2D eigenvalue weighted by molar-refractivity contribution is -0.156. The Morgan fingerprint density at radius 1 is 0.582 bits per heavy atom. The van der Waals surface area contributed by atoms with Crippen molar-refractivity contribution in [2.45, 2.75) is 194 Å². The first-order chi connectivity index (χ1) is 26.3. The summed E-state index contributed by atoms with van der Waals surface area (Å²) in [7, 11) is 0. The molecule has 0 N–H and O–H groups in total. The van der Waals surface area contributed by atoms with Crippen molar-refractivity contribution in [1.29, 1.82) is 0 Å². The maximum Gasteiger partial charge on any atom is 0.306 e. The summed E-state index contributed by atoms with van der Waals surface area (Å²) >= 11 is 0. The van der Waals surface area contributed by atoms with Gasteiger partial charge >= 0.3 is 23.9 Å². The second kappa shape index (κ2) is 34.4. The molecule has 0 amide bonds. The van der Waals surface area contributed by atoms with E-state index in [0.717, 1.165) is 38.5 Å². The van der Waals surface area contributed by atoms with Gasteiger partial charge in [-0.05, 0) is 70.1 Å². The average molecular weight is 775 g/mol. The van der Waals surface area contributed by atoms with Crippen LogP contribution in [0.3, 0.4) is 0 Å². The van der Waals surface area contributed by atoms with Crippen LogP contribution >= 0.6 is 0 Å². The third-order valence-corrected chi connectivity index (χ3v) is 10.3. The minimum atomic E-state index is -0.440. The highest BCUT2D eigenvalue weighted by Crippen LogP contribution is 2.33. The third kappa shape index (κ3) is 34.1. The standard InChI is InChI=1S/C42H74O6.C5H8O2/c1-7-28-46-39(43)33-38(34-40(44)47-29-8-2)31-35(9-3)30-36-24-20-18-16-14-12-10-11-13-15-17-19-21-25-37(27-23-22-26-36)32-41(45)48-42(4,5)6;1-3-4-7-5(2)6/h7-8,35-38H,1-2,9-34H2,3-6H3;3H,1,4H2,2H3. The average Bonchev–Trinajstić information content (AvgIpc) is 3.12. The maximum absolute atomic E-state index is 12.8. The van der Waals surface area contributed by atoms with Crippen LogP contribution in [0.1, 0.15) is 189 Å². The van der Waals surface area contributed by atoms with E-state index in [4.69, 9.17) is 14.2 Å². The van der Waals surface area contributed by atoms with Gasteiger partial charge < -0.3 is 18.9 Å². The van der Waals surface area contributed by atoms with Gasteiger partial charge in [-0.3, -0.25) is 19.2 Å². The van der Waals surface area contributed by atoms with Crippen molar-refractivity contribution >= 4 is 23.9 Å². The fraction of sp³-hybridized carbons (Fsp3) is 0.787. The fourth-order valence-electron chi connectivity index (χ4n) is 7.53. The molecule has 0 aliphatic heterocycles. The van der Waals surface area contributed by atoms with Gasteiger partial charge in [-0.25, -0.2) is 0 Å². The van der Waals surface area contributed by atoms with E-state index in [1.54, 1.807) is 12.2 Å². The molecule has 1 aliphatic carbocycles. The largest absolute Gasteiger partial charge is 0.462 e. The summed E-state index contributed by atoms with van der Waals surface area (Å²) in [6.45, 7) is 20.8. The monoisotopic (exact) mass is 775 g/mol. The van der Waals surface area contributed by atoms with Crippen LogP contribution in [0.5, 0.6) is 0 Å². The number of hydrogen-bond acceptors (Lipinski definition) is 8. The smallest absolute Gasteiger partial charge is 0.306 e. The molecule has 3 atom stereocenters. The molecule has 0 bridgehead atoms. The number of hydrogen-bond donors (Lipinski definition) is 0. The quantitative estimate of drug-likeness (QED) is 0.0817. The topological polar surface area (TPSA) is 105 Å². The van der Waals surface area contributed by atoms with Crippen molar-refractivity contribution in [1.82, 2.24) is 0 Å². The molecular formula is C47H82O8. The normalized spacial score (nSPS) is 18.9. The summed E-state index contributed by atoms with van der Waals surface area (Å²) < 4.78 is 20.7. The molecule has 1 aliphatic rings. The lowest BCUT2D eigenvalue weighted by atomic mass is 9.79. The maximum atomic E-state index is 12.8. The summed E-state index contributed by atoms with van der Waals surface area (Å²) in [4.78, 5) is 47.8. The Bertz CT molecular complexity index is 1020. The van der Waals surface area contributed by atoms with Gasteiger partial charge in [0.2, 0.25) is 0 Å². The molecule has 1 rings (SSSR count). The Labute approximate surface area is 337 Å². The van der Waals surface area contributed by atoms with E-state index in [1.807, 2.05) is 20.8 Å². The Kier molecular flexibility index (Phi) is 32.5. The number of rotatable bonds is 17. The molecule has 0 aromatic carbocycles. The Hall–Kier alpha value is -2.90. The van der Waals surface area contributed by atoms with Crippen LogP contribution in [0.2, 0.25) is 0 Å². The van der Waals surface area contributed by atoms with Gasteiger partial charge in [0.15, 0.2) is 0 Å². The van der Waals surface area contributed by atoms with Crippen LogP contribution < -0.4 is 0 Å². The highest BCUT2D eigenvalue weighted by atomic mass is 16.6. The molecular weight excluding hydrogens is 693 g/mol. The Morgan fingerprint density at radius 3 is 1.33 bits per heavy atom. The van der Waals surface area contributed by atoms with Gasteiger partial charge in [-0.1, -0.05) is 154 Å². The molecule has 1 fully saturated rings. The van der Waals surface area contributed by atoms with Gasteiger partial charge in [0.25, 0.3) is 0 Å². The van der Waals surface area contributed by atoms with Crippen molar-refractivity contribution in [3.8, 4) is 0 Å². The Balaban J connectivity index is 0.00000377. The molecule has 318 valence electrons. The van der Waals surface area contributed by atoms with Crippen LogP contribution in [0.15, 0.2) is 38.0 Å². The summed E-state index contributed by atoms with van der Waals surface area (Å²) in [6.07, 6.45) is 31.4. The summed E-state index contributed by atoms with van der Waals surface area (Å²) in [5, 5.41) is 0. The van der Waals surface area contributed by atoms with Gasteiger partial charge in [-0.2, -0.15) is 0 Å². The minimum Gasteiger partial charge on any atom is -0.462 e. The number of carbonyl (C=O) groups excluding carboxylic acids is 4. The van der Waals surface area contributed by atoms with Gasteiger partial charge in [0.1, 0.15) is 25.4 Å². The number of esters is 4. The zero-order valence-corrected chi connectivity index (χ0v) is 36.0. The van der Waals surface area contributed by atoms with E-state index in [2.05, 4.69) is 31.4 Å². The molecule has 0 heterocycles. The molecule has 0 aromatic heterocycles. The molecule has 3 unspecified atom stereocenters. The van der Waals surface area contributed by atoms with E-state index < -0.39 is 5.60 Å². The molecule has 0 aromatic rings. The van der Waals surface area contributed by atoms with Crippen LogP contribution in [0.4, 0.5) is 0 Å². The minimum absolute atomic E-state index is 0.0538. The highest BCUT2D eigenvalue weighted by Gasteiger charge is 2.25. The first-order valence-corrected chi connectivity index (χ1v) is 21.8. The van der Waals surface area contributed by atoms with Crippen LogP contribution in [0, 0.1) is 23.7 Å². The molecule has 8 nitrogen and oxygen atoms in total. The molecule has 8 heteroatoms.